The van der Waals surface area contributed by atoms with Crippen molar-refractivity contribution in [1.82, 2.24) is 15.1 Å². The van der Waals surface area contributed by atoms with E-state index >= 15 is 0 Å². The zero-order chi connectivity index (χ0) is 20.3. The molecular weight excluding hydrogens is 358 g/mol. The van der Waals surface area contributed by atoms with Gasteiger partial charge in [0.2, 0.25) is 5.91 Å². The summed E-state index contributed by atoms with van der Waals surface area (Å²) in [5.74, 6) is 0.742. The van der Waals surface area contributed by atoms with Gasteiger partial charge < -0.3 is 15.0 Å². The second kappa shape index (κ2) is 8.20. The molecule has 152 valence electrons. The molecule has 7 nitrogen and oxygen atoms in total. The maximum absolute atomic E-state index is 12.9. The van der Waals surface area contributed by atoms with Crippen molar-refractivity contribution >= 4 is 17.8 Å². The van der Waals surface area contributed by atoms with Gasteiger partial charge in [-0.1, -0.05) is 19.1 Å². The Morgan fingerprint density at radius 2 is 2.00 bits per heavy atom. The molecule has 4 amide bonds. The second-order valence-electron chi connectivity index (χ2n) is 8.09. The third-order valence-electron chi connectivity index (χ3n) is 5.72. The molecule has 0 bridgehead atoms. The van der Waals surface area contributed by atoms with Gasteiger partial charge in [-0.25, -0.2) is 4.79 Å². The number of nitrogens with one attached hydrogen (secondary N) is 1. The summed E-state index contributed by atoms with van der Waals surface area (Å²) in [5, 5.41) is 2.78. The number of amides is 4. The third-order valence-corrected chi connectivity index (χ3v) is 5.72. The van der Waals surface area contributed by atoms with Crippen molar-refractivity contribution in [2.45, 2.75) is 45.1 Å². The van der Waals surface area contributed by atoms with Gasteiger partial charge in [0.25, 0.3) is 5.91 Å². The molecule has 3 rings (SSSR count). The predicted molar refractivity (Wildman–Crippen MR) is 105 cm³/mol. The van der Waals surface area contributed by atoms with Crippen LogP contribution in [0, 0.1) is 5.92 Å². The van der Waals surface area contributed by atoms with Crippen molar-refractivity contribution in [2.75, 3.05) is 26.7 Å². The molecule has 0 aromatic heterocycles. The lowest BCUT2D eigenvalue weighted by Gasteiger charge is -2.31. The van der Waals surface area contributed by atoms with Crippen LogP contribution in [0.3, 0.4) is 0 Å². The average molecular weight is 387 g/mol. The Morgan fingerprint density at radius 3 is 2.64 bits per heavy atom. The molecule has 0 unspecified atom stereocenters. The van der Waals surface area contributed by atoms with E-state index in [0.717, 1.165) is 29.1 Å². The molecule has 28 heavy (non-hydrogen) atoms. The summed E-state index contributed by atoms with van der Waals surface area (Å²) < 4.78 is 5.15. The van der Waals surface area contributed by atoms with Crippen LogP contribution in [0.2, 0.25) is 0 Å². The number of rotatable bonds is 6. The van der Waals surface area contributed by atoms with Gasteiger partial charge in [0.1, 0.15) is 17.8 Å². The number of benzene rings is 1. The highest BCUT2D eigenvalue weighted by atomic mass is 16.5. The summed E-state index contributed by atoms with van der Waals surface area (Å²) in [6.45, 7) is 5.04. The Labute approximate surface area is 166 Å². The third kappa shape index (κ3) is 4.29. The first-order valence-electron chi connectivity index (χ1n) is 9.87. The fourth-order valence-corrected chi connectivity index (χ4v) is 3.90. The van der Waals surface area contributed by atoms with Gasteiger partial charge >= 0.3 is 6.03 Å². The normalized spacial score (nSPS) is 25.0. The number of carbonyl (C=O) groups is 3. The number of aryl methyl sites for hydroxylation is 1. The summed E-state index contributed by atoms with van der Waals surface area (Å²) in [6.07, 6.45) is 3.18. The molecule has 0 aliphatic carbocycles. The van der Waals surface area contributed by atoms with Crippen molar-refractivity contribution in [3.05, 3.63) is 29.8 Å². The first kappa shape index (κ1) is 20.2. The molecule has 1 aromatic rings. The number of methoxy groups -OCH3 is 1. The zero-order valence-electron chi connectivity index (χ0n) is 16.9. The molecule has 2 heterocycles. The fourth-order valence-electron chi connectivity index (χ4n) is 3.90. The van der Waals surface area contributed by atoms with Crippen LogP contribution in [0.25, 0.3) is 0 Å². The van der Waals surface area contributed by atoms with Crippen molar-refractivity contribution in [2.24, 2.45) is 5.92 Å². The second-order valence-corrected chi connectivity index (χ2v) is 8.09. The van der Waals surface area contributed by atoms with E-state index in [-0.39, 0.29) is 18.4 Å². The van der Waals surface area contributed by atoms with Crippen LogP contribution in [0.15, 0.2) is 24.3 Å². The van der Waals surface area contributed by atoms with Crippen molar-refractivity contribution in [3.8, 4) is 5.75 Å². The molecule has 0 spiro atoms. The molecule has 0 radical (unpaired) electrons. The lowest BCUT2D eigenvalue weighted by atomic mass is 9.93. The lowest BCUT2D eigenvalue weighted by Crippen LogP contribution is -2.47. The lowest BCUT2D eigenvalue weighted by molar-refractivity contribution is -0.139. The fraction of sp³-hybridized carbons (Fsp3) is 0.571. The van der Waals surface area contributed by atoms with Gasteiger partial charge in [0.15, 0.2) is 0 Å². The highest BCUT2D eigenvalue weighted by molar-refractivity contribution is 6.08. The number of likely N-dealkylation sites (tertiary alicyclic amines) is 1. The van der Waals surface area contributed by atoms with Gasteiger partial charge in [0, 0.05) is 13.1 Å². The Morgan fingerprint density at radius 1 is 1.29 bits per heavy atom. The van der Waals surface area contributed by atoms with E-state index in [1.807, 2.05) is 24.3 Å². The molecule has 0 saturated carbocycles. The molecule has 1 aromatic carbocycles. The minimum absolute atomic E-state index is 0.158. The number of imide groups is 1. The van der Waals surface area contributed by atoms with Crippen molar-refractivity contribution < 1.29 is 19.1 Å². The minimum Gasteiger partial charge on any atom is -0.497 e. The summed E-state index contributed by atoms with van der Waals surface area (Å²) in [6, 6.07) is 7.15. The molecule has 7 heteroatoms. The maximum Gasteiger partial charge on any atom is 0.325 e. The molecule has 2 fully saturated rings. The van der Waals surface area contributed by atoms with E-state index in [1.165, 1.54) is 0 Å². The molecule has 2 saturated heterocycles. The van der Waals surface area contributed by atoms with Crippen LogP contribution < -0.4 is 10.1 Å². The number of urea groups is 1. The standard InChI is InChI=1S/C21H29N3O4/c1-15-5-4-12-23(13-15)18(25)14-24-19(26)21(2,22-20(24)27)11-10-16-6-8-17(28-3)9-7-16/h6-9,15H,4-5,10-14H2,1-3H3,(H,22,27)/t15-,21+/m1/s1. The number of ether oxygens (including phenoxy) is 1. The summed E-state index contributed by atoms with van der Waals surface area (Å²) in [7, 11) is 1.61. The number of nitrogens with zero attached hydrogens (tertiary/aromatic N) is 2. The van der Waals surface area contributed by atoms with Gasteiger partial charge in [0.05, 0.1) is 7.11 Å². The molecule has 2 atom stereocenters. The Hall–Kier alpha value is -2.57. The van der Waals surface area contributed by atoms with Gasteiger partial charge in [-0.15, -0.1) is 0 Å². The highest BCUT2D eigenvalue weighted by Gasteiger charge is 2.48. The van der Waals surface area contributed by atoms with Gasteiger partial charge in [-0.3, -0.25) is 14.5 Å². The number of carbonyl (C=O) groups excluding carboxylic acids is 3. The van der Waals surface area contributed by atoms with Crippen LogP contribution >= 0.6 is 0 Å². The first-order valence-corrected chi connectivity index (χ1v) is 9.87. The Bertz CT molecular complexity index is 749. The van der Waals surface area contributed by atoms with Crippen LogP contribution in [0.4, 0.5) is 4.79 Å². The van der Waals surface area contributed by atoms with Crippen LogP contribution in [0.5, 0.6) is 5.75 Å². The number of piperidine rings is 1. The summed E-state index contributed by atoms with van der Waals surface area (Å²) in [5.41, 5.74) is 0.0628. The average Bonchev–Trinajstić information content (AvgIpc) is 2.90. The van der Waals surface area contributed by atoms with Gasteiger partial charge in [-0.05, 0) is 56.2 Å². The van der Waals surface area contributed by atoms with Crippen LogP contribution in [0.1, 0.15) is 38.7 Å². The molecule has 2 aliphatic rings. The Balaban J connectivity index is 1.60. The number of hydrogen-bond acceptors (Lipinski definition) is 4. The van der Waals surface area contributed by atoms with E-state index in [1.54, 1.807) is 18.9 Å². The smallest absolute Gasteiger partial charge is 0.325 e. The predicted octanol–water partition coefficient (Wildman–Crippen LogP) is 2.20. The first-order chi connectivity index (χ1) is 13.3. The minimum atomic E-state index is -0.994. The largest absolute Gasteiger partial charge is 0.497 e. The van der Waals surface area contributed by atoms with E-state index in [9.17, 15) is 14.4 Å². The van der Waals surface area contributed by atoms with E-state index in [4.69, 9.17) is 4.74 Å². The van der Waals surface area contributed by atoms with Crippen LogP contribution in [-0.2, 0) is 16.0 Å². The highest BCUT2D eigenvalue weighted by Crippen LogP contribution is 2.24. The molecule has 2 aliphatic heterocycles. The quantitative estimate of drug-likeness (QED) is 0.759. The van der Waals surface area contributed by atoms with Crippen molar-refractivity contribution in [3.63, 3.8) is 0 Å². The maximum atomic E-state index is 12.9. The number of hydrogen-bond donors (Lipinski definition) is 1. The van der Waals surface area contributed by atoms with Gasteiger partial charge in [-0.2, -0.15) is 0 Å². The zero-order valence-corrected chi connectivity index (χ0v) is 16.9. The molecular formula is C21H29N3O4. The van der Waals surface area contributed by atoms with E-state index in [2.05, 4.69) is 12.2 Å². The molecule has 1 N–H and O–H groups in total. The Kier molecular flexibility index (Phi) is 5.91. The monoisotopic (exact) mass is 387 g/mol. The topological polar surface area (TPSA) is 79.0 Å². The SMILES string of the molecule is COc1ccc(CC[C@]2(C)NC(=O)N(CC(=O)N3CCC[C@@H](C)C3)C2=O)cc1. The van der Waals surface area contributed by atoms with Crippen molar-refractivity contribution in [1.29, 1.82) is 0 Å². The summed E-state index contributed by atoms with van der Waals surface area (Å²) in [4.78, 5) is 40.7. The van der Waals surface area contributed by atoms with E-state index < -0.39 is 11.6 Å². The van der Waals surface area contributed by atoms with Crippen LogP contribution in [-0.4, -0.2) is 59.9 Å². The van der Waals surface area contributed by atoms with E-state index in [0.29, 0.717) is 31.8 Å². The summed E-state index contributed by atoms with van der Waals surface area (Å²) >= 11 is 0.